The van der Waals surface area contributed by atoms with E-state index in [9.17, 15) is 5.11 Å². The lowest BCUT2D eigenvalue weighted by atomic mass is 9.89. The predicted octanol–water partition coefficient (Wildman–Crippen LogP) is 3.74. The highest BCUT2D eigenvalue weighted by Gasteiger charge is 2.27. The quantitative estimate of drug-likeness (QED) is 0.754. The molecule has 0 aliphatic heterocycles. The molecule has 0 amide bonds. The van der Waals surface area contributed by atoms with E-state index in [-0.39, 0.29) is 12.1 Å². The van der Waals surface area contributed by atoms with Gasteiger partial charge in [0.05, 0.1) is 12.1 Å². The second-order valence-corrected chi connectivity index (χ2v) is 4.88. The van der Waals surface area contributed by atoms with Gasteiger partial charge in [-0.3, -0.25) is 0 Å². The number of hydrogen-bond donors (Lipinski definition) is 2. The Morgan fingerprint density at radius 1 is 1.12 bits per heavy atom. The number of anilines is 1. The summed E-state index contributed by atoms with van der Waals surface area (Å²) < 4.78 is 0. The minimum Gasteiger partial charge on any atom is -0.394 e. The van der Waals surface area contributed by atoms with Crippen molar-refractivity contribution < 1.29 is 5.11 Å². The molecule has 1 rings (SSSR count). The molecule has 0 saturated carbocycles. The largest absolute Gasteiger partial charge is 0.394 e. The van der Waals surface area contributed by atoms with Crippen molar-refractivity contribution in [1.82, 2.24) is 0 Å². The second-order valence-electron chi connectivity index (χ2n) is 4.88. The standard InChI is InChI=1S/C15H25NO/c1-4-10-15(12-17,11-5-2)16-14-9-7-6-8-13(14)3/h6-9,16-17H,4-5,10-12H2,1-3H3. The summed E-state index contributed by atoms with van der Waals surface area (Å²) in [6.45, 7) is 6.63. The zero-order chi connectivity index (χ0) is 12.7. The molecular weight excluding hydrogens is 210 g/mol. The molecule has 96 valence electrons. The first-order chi connectivity index (χ1) is 8.17. The Morgan fingerprint density at radius 3 is 2.18 bits per heavy atom. The molecule has 0 bridgehead atoms. The molecule has 1 aromatic rings. The fourth-order valence-corrected chi connectivity index (χ4v) is 2.40. The summed E-state index contributed by atoms with van der Waals surface area (Å²) in [6.07, 6.45) is 4.18. The van der Waals surface area contributed by atoms with Gasteiger partial charge in [0, 0.05) is 5.69 Å². The Morgan fingerprint density at radius 2 is 1.71 bits per heavy atom. The summed E-state index contributed by atoms with van der Waals surface area (Å²) in [7, 11) is 0. The lowest BCUT2D eigenvalue weighted by molar-refractivity contribution is 0.192. The van der Waals surface area contributed by atoms with Crippen LogP contribution in [0.25, 0.3) is 0 Å². The number of benzene rings is 1. The molecule has 2 N–H and O–H groups in total. The first-order valence-electron chi connectivity index (χ1n) is 6.62. The fourth-order valence-electron chi connectivity index (χ4n) is 2.40. The lowest BCUT2D eigenvalue weighted by Crippen LogP contribution is -2.42. The van der Waals surface area contributed by atoms with E-state index < -0.39 is 0 Å². The Kier molecular flexibility index (Phi) is 5.49. The molecular formula is C15H25NO. The van der Waals surface area contributed by atoms with Crippen LogP contribution in [0.4, 0.5) is 5.69 Å². The molecule has 0 saturated heterocycles. The zero-order valence-corrected chi connectivity index (χ0v) is 11.3. The van der Waals surface area contributed by atoms with Crippen molar-refractivity contribution in [3.63, 3.8) is 0 Å². The van der Waals surface area contributed by atoms with Gasteiger partial charge in [-0.25, -0.2) is 0 Å². The van der Waals surface area contributed by atoms with Crippen molar-refractivity contribution in [2.24, 2.45) is 0 Å². The number of hydrogen-bond acceptors (Lipinski definition) is 2. The van der Waals surface area contributed by atoms with Gasteiger partial charge < -0.3 is 10.4 Å². The molecule has 0 atom stereocenters. The highest BCUT2D eigenvalue weighted by molar-refractivity contribution is 5.52. The number of rotatable bonds is 7. The van der Waals surface area contributed by atoms with Gasteiger partial charge in [0.2, 0.25) is 0 Å². The number of aliphatic hydroxyl groups is 1. The van der Waals surface area contributed by atoms with Crippen molar-refractivity contribution in [1.29, 1.82) is 0 Å². The summed E-state index contributed by atoms with van der Waals surface area (Å²) in [5.74, 6) is 0. The SMILES string of the molecule is CCCC(CO)(CCC)Nc1ccccc1C. The Labute approximate surface area is 105 Å². The van der Waals surface area contributed by atoms with Crippen molar-refractivity contribution in [3.05, 3.63) is 29.8 Å². The van der Waals surface area contributed by atoms with Gasteiger partial charge in [0.15, 0.2) is 0 Å². The predicted molar refractivity (Wildman–Crippen MR) is 74.4 cm³/mol. The van der Waals surface area contributed by atoms with Gasteiger partial charge in [0.1, 0.15) is 0 Å². The Hall–Kier alpha value is -1.02. The molecule has 2 nitrogen and oxygen atoms in total. The number of para-hydroxylation sites is 1. The van der Waals surface area contributed by atoms with Crippen LogP contribution in [-0.4, -0.2) is 17.3 Å². The number of aryl methyl sites for hydroxylation is 1. The molecule has 0 heterocycles. The lowest BCUT2D eigenvalue weighted by Gasteiger charge is -2.34. The molecule has 0 aromatic heterocycles. The van der Waals surface area contributed by atoms with E-state index in [1.165, 1.54) is 5.56 Å². The molecule has 0 aliphatic rings. The first-order valence-corrected chi connectivity index (χ1v) is 6.62. The van der Waals surface area contributed by atoms with Crippen LogP contribution in [0.2, 0.25) is 0 Å². The minimum absolute atomic E-state index is 0.157. The van der Waals surface area contributed by atoms with E-state index in [4.69, 9.17) is 0 Å². The van der Waals surface area contributed by atoms with E-state index in [1.54, 1.807) is 0 Å². The van der Waals surface area contributed by atoms with E-state index in [2.05, 4.69) is 38.2 Å². The van der Waals surface area contributed by atoms with Crippen LogP contribution in [0.3, 0.4) is 0 Å². The highest BCUT2D eigenvalue weighted by Crippen LogP contribution is 2.26. The van der Waals surface area contributed by atoms with Crippen LogP contribution in [-0.2, 0) is 0 Å². The number of nitrogens with one attached hydrogen (secondary N) is 1. The molecule has 0 aliphatic carbocycles. The van der Waals surface area contributed by atoms with Crippen LogP contribution in [0.1, 0.15) is 45.1 Å². The van der Waals surface area contributed by atoms with Gasteiger partial charge in [-0.15, -0.1) is 0 Å². The monoisotopic (exact) mass is 235 g/mol. The maximum atomic E-state index is 9.73. The van der Waals surface area contributed by atoms with Crippen molar-refractivity contribution in [2.45, 2.75) is 52.0 Å². The third kappa shape index (κ3) is 3.74. The molecule has 0 fully saturated rings. The van der Waals surface area contributed by atoms with Crippen LogP contribution in [0, 0.1) is 6.92 Å². The summed E-state index contributed by atoms with van der Waals surface area (Å²) in [6, 6.07) is 8.27. The molecule has 2 heteroatoms. The average molecular weight is 235 g/mol. The first kappa shape index (κ1) is 14.0. The molecule has 0 spiro atoms. The highest BCUT2D eigenvalue weighted by atomic mass is 16.3. The molecule has 0 radical (unpaired) electrons. The van der Waals surface area contributed by atoms with Crippen molar-refractivity contribution >= 4 is 5.69 Å². The van der Waals surface area contributed by atoms with Gasteiger partial charge in [-0.2, -0.15) is 0 Å². The van der Waals surface area contributed by atoms with Gasteiger partial charge in [-0.05, 0) is 31.4 Å². The third-order valence-corrected chi connectivity index (χ3v) is 3.30. The normalized spacial score (nSPS) is 11.5. The maximum Gasteiger partial charge on any atom is 0.0661 e. The van der Waals surface area contributed by atoms with Crippen molar-refractivity contribution in [3.8, 4) is 0 Å². The third-order valence-electron chi connectivity index (χ3n) is 3.30. The summed E-state index contributed by atoms with van der Waals surface area (Å²) in [4.78, 5) is 0. The maximum absolute atomic E-state index is 9.73. The van der Waals surface area contributed by atoms with Crippen LogP contribution < -0.4 is 5.32 Å². The van der Waals surface area contributed by atoms with E-state index in [1.807, 2.05) is 12.1 Å². The Balaban J connectivity index is 2.88. The fraction of sp³-hybridized carbons (Fsp3) is 0.600. The Bertz CT molecular complexity index is 329. The summed E-state index contributed by atoms with van der Waals surface area (Å²) >= 11 is 0. The molecule has 1 aromatic carbocycles. The number of aliphatic hydroxyl groups excluding tert-OH is 1. The molecule has 17 heavy (non-hydrogen) atoms. The zero-order valence-electron chi connectivity index (χ0n) is 11.3. The van der Waals surface area contributed by atoms with Crippen molar-refractivity contribution in [2.75, 3.05) is 11.9 Å². The van der Waals surface area contributed by atoms with Gasteiger partial charge in [0.25, 0.3) is 0 Å². The summed E-state index contributed by atoms with van der Waals surface area (Å²) in [5, 5.41) is 13.3. The summed E-state index contributed by atoms with van der Waals surface area (Å²) in [5.41, 5.74) is 2.22. The van der Waals surface area contributed by atoms with E-state index >= 15 is 0 Å². The van der Waals surface area contributed by atoms with Crippen LogP contribution in [0.15, 0.2) is 24.3 Å². The van der Waals surface area contributed by atoms with E-state index in [0.717, 1.165) is 31.4 Å². The van der Waals surface area contributed by atoms with Crippen LogP contribution >= 0.6 is 0 Å². The minimum atomic E-state index is -0.157. The average Bonchev–Trinajstić information content (AvgIpc) is 2.33. The smallest absolute Gasteiger partial charge is 0.0661 e. The topological polar surface area (TPSA) is 32.3 Å². The van der Waals surface area contributed by atoms with Gasteiger partial charge in [-0.1, -0.05) is 44.9 Å². The van der Waals surface area contributed by atoms with Gasteiger partial charge >= 0.3 is 0 Å². The van der Waals surface area contributed by atoms with Crippen LogP contribution in [0.5, 0.6) is 0 Å². The van der Waals surface area contributed by atoms with E-state index in [0.29, 0.717) is 0 Å². The second kappa shape index (κ2) is 6.65. The molecule has 0 unspecified atom stereocenters.